The second-order valence-corrected chi connectivity index (χ2v) is 8.75. The van der Waals surface area contributed by atoms with Crippen LogP contribution in [0.2, 0.25) is 0 Å². The van der Waals surface area contributed by atoms with Gasteiger partial charge in [0.2, 0.25) is 0 Å². The summed E-state index contributed by atoms with van der Waals surface area (Å²) in [6, 6.07) is 12.9. The highest BCUT2D eigenvalue weighted by atomic mass is 32.2. The first-order chi connectivity index (χ1) is 14.9. The van der Waals surface area contributed by atoms with Crippen LogP contribution in [0.5, 0.6) is 0 Å². The molecule has 8 nitrogen and oxygen atoms in total. The average molecular weight is 434 g/mol. The smallest absolute Gasteiger partial charge is 0.328 e. The zero-order valence-corrected chi connectivity index (χ0v) is 18.4. The fourth-order valence-corrected chi connectivity index (χ4v) is 5.27. The molecule has 0 unspecified atom stereocenters. The summed E-state index contributed by atoms with van der Waals surface area (Å²) < 4.78 is 1.61. The second-order valence-electron chi connectivity index (χ2n) is 7.67. The predicted molar refractivity (Wildman–Crippen MR) is 124 cm³/mol. The number of aromatic amines is 1. The molecule has 0 saturated heterocycles. The first kappa shape index (κ1) is 19.7. The third-order valence-corrected chi connectivity index (χ3v) is 6.57. The number of anilines is 3. The van der Waals surface area contributed by atoms with Crippen LogP contribution in [0, 0.1) is 6.92 Å². The van der Waals surface area contributed by atoms with E-state index in [1.54, 1.807) is 23.3 Å². The molecule has 158 valence electrons. The molecular formula is C22H23N7OS. The van der Waals surface area contributed by atoms with E-state index < -0.39 is 0 Å². The molecule has 31 heavy (non-hydrogen) atoms. The molecule has 0 aliphatic carbocycles. The first-order valence-corrected chi connectivity index (χ1v) is 10.8. The van der Waals surface area contributed by atoms with Gasteiger partial charge in [-0.1, -0.05) is 23.9 Å². The van der Waals surface area contributed by atoms with Gasteiger partial charge in [0, 0.05) is 23.4 Å². The van der Waals surface area contributed by atoms with Gasteiger partial charge in [-0.25, -0.2) is 14.8 Å². The van der Waals surface area contributed by atoms with Gasteiger partial charge in [-0.2, -0.15) is 0 Å². The van der Waals surface area contributed by atoms with Gasteiger partial charge in [-0.3, -0.25) is 4.57 Å². The summed E-state index contributed by atoms with van der Waals surface area (Å²) >= 11 is 1.76. The van der Waals surface area contributed by atoms with Crippen molar-refractivity contribution in [1.82, 2.24) is 24.8 Å². The maximum Gasteiger partial charge on any atom is 0.328 e. The van der Waals surface area contributed by atoms with Crippen LogP contribution in [0.4, 0.5) is 17.2 Å². The van der Waals surface area contributed by atoms with Crippen molar-refractivity contribution in [3.05, 3.63) is 63.8 Å². The van der Waals surface area contributed by atoms with Gasteiger partial charge in [0.1, 0.15) is 11.3 Å². The lowest BCUT2D eigenvalue weighted by Crippen LogP contribution is -2.19. The van der Waals surface area contributed by atoms with Crippen molar-refractivity contribution < 1.29 is 0 Å². The van der Waals surface area contributed by atoms with E-state index >= 15 is 0 Å². The Bertz CT molecular complexity index is 1370. The van der Waals surface area contributed by atoms with E-state index in [0.717, 1.165) is 22.7 Å². The lowest BCUT2D eigenvalue weighted by atomic mass is 10.1. The number of nitrogens with two attached hydrogens (primary N) is 1. The van der Waals surface area contributed by atoms with Gasteiger partial charge in [-0.15, -0.1) is 0 Å². The van der Waals surface area contributed by atoms with E-state index in [1.807, 2.05) is 7.05 Å². The second kappa shape index (κ2) is 7.44. The Labute approximate surface area is 183 Å². The summed E-state index contributed by atoms with van der Waals surface area (Å²) in [7, 11) is 4.04. The third kappa shape index (κ3) is 3.35. The SMILES string of the molecule is CNCc1ccc2c(c1)Sc1cc(Cn3c(=O)[nH]c4c(N)nc(C)nc43)ccc1N2C. The van der Waals surface area contributed by atoms with E-state index in [2.05, 4.69) is 68.6 Å². The van der Waals surface area contributed by atoms with Crippen LogP contribution in [-0.4, -0.2) is 33.6 Å². The molecule has 1 aliphatic heterocycles. The Morgan fingerprint density at radius 3 is 2.48 bits per heavy atom. The summed E-state index contributed by atoms with van der Waals surface area (Å²) in [5.41, 5.74) is 11.3. The molecule has 2 aromatic heterocycles. The van der Waals surface area contributed by atoms with Crippen molar-refractivity contribution in [2.45, 2.75) is 29.8 Å². The van der Waals surface area contributed by atoms with Crippen LogP contribution in [-0.2, 0) is 13.1 Å². The molecule has 5 rings (SSSR count). The number of imidazole rings is 1. The fourth-order valence-electron chi connectivity index (χ4n) is 3.99. The van der Waals surface area contributed by atoms with Gasteiger partial charge in [0.05, 0.1) is 17.9 Å². The summed E-state index contributed by atoms with van der Waals surface area (Å²) in [6.07, 6.45) is 0. The highest BCUT2D eigenvalue weighted by Gasteiger charge is 2.22. The molecular weight excluding hydrogens is 410 g/mol. The van der Waals surface area contributed by atoms with Gasteiger partial charge >= 0.3 is 5.69 Å². The Morgan fingerprint density at radius 1 is 1.10 bits per heavy atom. The minimum absolute atomic E-state index is 0.244. The number of rotatable bonds is 4. The van der Waals surface area contributed by atoms with Gasteiger partial charge in [-0.05, 0) is 49.4 Å². The van der Waals surface area contributed by atoms with Crippen molar-refractivity contribution in [2.24, 2.45) is 0 Å². The number of nitrogens with one attached hydrogen (secondary N) is 2. The number of hydrogen-bond acceptors (Lipinski definition) is 7. The number of benzene rings is 2. The summed E-state index contributed by atoms with van der Waals surface area (Å²) in [5, 5.41) is 3.21. The molecule has 9 heteroatoms. The number of H-pyrrole nitrogens is 1. The summed E-state index contributed by atoms with van der Waals surface area (Å²) in [5.74, 6) is 0.823. The molecule has 2 aromatic carbocycles. The summed E-state index contributed by atoms with van der Waals surface area (Å²) in [6.45, 7) is 3.00. The first-order valence-electron chi connectivity index (χ1n) is 9.99. The molecule has 4 N–H and O–H groups in total. The van der Waals surface area contributed by atoms with Crippen molar-refractivity contribution in [1.29, 1.82) is 0 Å². The lowest BCUT2D eigenvalue weighted by Gasteiger charge is -2.30. The minimum Gasteiger partial charge on any atom is -0.382 e. The average Bonchev–Trinajstić information content (AvgIpc) is 3.04. The third-order valence-electron chi connectivity index (χ3n) is 5.48. The van der Waals surface area contributed by atoms with Crippen molar-refractivity contribution in [3.8, 4) is 0 Å². The van der Waals surface area contributed by atoms with E-state index in [-0.39, 0.29) is 11.5 Å². The summed E-state index contributed by atoms with van der Waals surface area (Å²) in [4.78, 5) is 28.5. The zero-order chi connectivity index (χ0) is 21.7. The Hall–Kier alpha value is -3.30. The highest BCUT2D eigenvalue weighted by Crippen LogP contribution is 2.48. The standard InChI is InChI=1S/C22H23N7OS/c1-12-25-20(23)19-21(26-12)29(22(30)27-19)11-14-5-7-16-18(9-14)31-17-8-13(10-24-2)4-6-15(17)28(16)3/h4-9,24H,10-11H2,1-3H3,(H,27,30)(H2,23,25,26). The van der Waals surface area contributed by atoms with Gasteiger partial charge in [0.25, 0.3) is 0 Å². The molecule has 0 amide bonds. The van der Waals surface area contributed by atoms with E-state index in [9.17, 15) is 4.79 Å². The van der Waals surface area contributed by atoms with Crippen molar-refractivity contribution >= 4 is 40.1 Å². The monoisotopic (exact) mass is 433 g/mol. The van der Waals surface area contributed by atoms with Gasteiger partial charge < -0.3 is 20.9 Å². The van der Waals surface area contributed by atoms with Crippen LogP contribution >= 0.6 is 11.8 Å². The quantitative estimate of drug-likeness (QED) is 0.454. The molecule has 0 radical (unpaired) electrons. The minimum atomic E-state index is -0.244. The number of hydrogen-bond donors (Lipinski definition) is 3. The Balaban J connectivity index is 1.52. The number of nitrogens with zero attached hydrogens (tertiary/aromatic N) is 4. The van der Waals surface area contributed by atoms with Crippen LogP contribution < -0.4 is 21.6 Å². The lowest BCUT2D eigenvalue weighted by molar-refractivity contribution is 0.773. The molecule has 0 fully saturated rings. The zero-order valence-electron chi connectivity index (χ0n) is 17.6. The Kier molecular flexibility index (Phi) is 4.71. The molecule has 0 atom stereocenters. The van der Waals surface area contributed by atoms with Gasteiger partial charge in [0.15, 0.2) is 11.5 Å². The van der Waals surface area contributed by atoms with Crippen LogP contribution in [0.3, 0.4) is 0 Å². The van der Waals surface area contributed by atoms with E-state index in [0.29, 0.717) is 23.5 Å². The molecule has 0 saturated carbocycles. The number of fused-ring (bicyclic) bond motifs is 3. The number of nitrogen functional groups attached to an aromatic ring is 1. The molecule has 1 aliphatic rings. The normalized spacial score (nSPS) is 12.8. The molecule has 0 bridgehead atoms. The number of aryl methyl sites for hydroxylation is 1. The molecule has 4 aromatic rings. The number of aromatic nitrogens is 4. The molecule has 3 heterocycles. The van der Waals surface area contributed by atoms with Crippen LogP contribution in [0.25, 0.3) is 11.2 Å². The van der Waals surface area contributed by atoms with Crippen molar-refractivity contribution in [2.75, 3.05) is 24.7 Å². The topological polar surface area (TPSA) is 105 Å². The van der Waals surface area contributed by atoms with Crippen LogP contribution in [0.1, 0.15) is 17.0 Å². The maximum atomic E-state index is 12.6. The Morgan fingerprint density at radius 2 is 1.77 bits per heavy atom. The highest BCUT2D eigenvalue weighted by molar-refractivity contribution is 7.99. The van der Waals surface area contributed by atoms with E-state index in [1.165, 1.54) is 16.1 Å². The predicted octanol–water partition coefficient (Wildman–Crippen LogP) is 3.01. The molecule has 0 spiro atoms. The fraction of sp³-hybridized carbons (Fsp3) is 0.227. The van der Waals surface area contributed by atoms with E-state index in [4.69, 9.17) is 5.73 Å². The van der Waals surface area contributed by atoms with Crippen molar-refractivity contribution in [3.63, 3.8) is 0 Å². The van der Waals surface area contributed by atoms with Crippen LogP contribution in [0.15, 0.2) is 51.0 Å². The largest absolute Gasteiger partial charge is 0.382 e. The maximum absolute atomic E-state index is 12.6.